The molecule has 0 saturated heterocycles. The Hall–Kier alpha value is -0.150. The molecule has 0 aromatic heterocycles. The number of carbonyl (C=O) groups is 1. The number of halogens is 2. The maximum Gasteiger partial charge on any atom is 0.176 e. The average Bonchev–Trinajstić information content (AvgIpc) is 2.17. The van der Waals surface area contributed by atoms with Gasteiger partial charge in [-0.2, -0.15) is 0 Å². The molecule has 1 aromatic rings. The van der Waals surface area contributed by atoms with Crippen LogP contribution in [-0.2, 0) is 5.33 Å². The van der Waals surface area contributed by atoms with E-state index in [9.17, 15) is 4.79 Å². The second kappa shape index (κ2) is 5.08. The fourth-order valence-corrected chi connectivity index (χ4v) is 1.83. The van der Waals surface area contributed by atoms with Crippen molar-refractivity contribution in [2.24, 2.45) is 0 Å². The summed E-state index contributed by atoms with van der Waals surface area (Å²) >= 11 is 6.68. The molecule has 14 heavy (non-hydrogen) atoms. The molecule has 76 valence electrons. The predicted octanol–water partition coefficient (Wildman–Crippen LogP) is 3.86. The maximum absolute atomic E-state index is 11.8. The summed E-state index contributed by atoms with van der Waals surface area (Å²) in [6.07, 6.45) is 0. The van der Waals surface area contributed by atoms with Crippen molar-refractivity contribution in [2.75, 3.05) is 0 Å². The second-order valence-electron chi connectivity index (χ2n) is 3.26. The minimum Gasteiger partial charge on any atom is -0.293 e. The minimum atomic E-state index is -0.119. The molecule has 0 aliphatic carbocycles. The lowest BCUT2D eigenvalue weighted by Gasteiger charge is -2.08. The third-order valence-corrected chi connectivity index (χ3v) is 3.15. The maximum atomic E-state index is 11.8. The summed E-state index contributed by atoms with van der Waals surface area (Å²) in [5.74, 6) is 0.144. The Kier molecular flexibility index (Phi) is 4.32. The van der Waals surface area contributed by atoms with E-state index in [4.69, 9.17) is 0 Å². The zero-order valence-corrected chi connectivity index (χ0v) is 11.4. The first-order chi connectivity index (χ1) is 6.56. The molecule has 0 spiro atoms. The molecule has 0 aliphatic heterocycles. The fourth-order valence-electron chi connectivity index (χ4n) is 1.23. The van der Waals surface area contributed by atoms with Crippen molar-refractivity contribution in [2.45, 2.75) is 24.0 Å². The molecule has 1 unspecified atom stereocenters. The average molecular weight is 320 g/mol. The van der Waals surface area contributed by atoms with Gasteiger partial charge in [0.2, 0.25) is 0 Å². The standard InChI is InChI=1S/C11H12Br2O/c1-7-3-4-9(6-12)5-10(7)11(14)8(2)13/h3-5,8H,6H2,1-2H3. The number of aryl methyl sites for hydroxylation is 1. The molecule has 0 heterocycles. The van der Waals surface area contributed by atoms with Crippen LogP contribution in [0.5, 0.6) is 0 Å². The molecule has 0 N–H and O–H groups in total. The topological polar surface area (TPSA) is 17.1 Å². The normalized spacial score (nSPS) is 12.6. The van der Waals surface area contributed by atoms with Crippen LogP contribution in [0.2, 0.25) is 0 Å². The first kappa shape index (κ1) is 11.9. The molecule has 0 amide bonds. The van der Waals surface area contributed by atoms with Gasteiger partial charge in [-0.3, -0.25) is 4.79 Å². The molecule has 1 atom stereocenters. The Balaban J connectivity index is 3.12. The van der Waals surface area contributed by atoms with Crippen molar-refractivity contribution < 1.29 is 4.79 Å². The molecule has 1 aromatic carbocycles. The molecule has 3 heteroatoms. The van der Waals surface area contributed by atoms with Gasteiger partial charge in [0.15, 0.2) is 5.78 Å². The van der Waals surface area contributed by atoms with Crippen LogP contribution in [0.25, 0.3) is 0 Å². The summed E-state index contributed by atoms with van der Waals surface area (Å²) in [6.45, 7) is 3.81. The fraction of sp³-hybridized carbons (Fsp3) is 0.364. The first-order valence-corrected chi connectivity index (χ1v) is 6.43. The van der Waals surface area contributed by atoms with Crippen molar-refractivity contribution in [1.29, 1.82) is 0 Å². The highest BCUT2D eigenvalue weighted by Gasteiger charge is 2.14. The van der Waals surface area contributed by atoms with E-state index >= 15 is 0 Å². The SMILES string of the molecule is Cc1ccc(CBr)cc1C(=O)C(C)Br. The number of carbonyl (C=O) groups excluding carboxylic acids is 1. The third-order valence-electron chi connectivity index (χ3n) is 2.08. The van der Waals surface area contributed by atoms with Gasteiger partial charge in [-0.25, -0.2) is 0 Å². The van der Waals surface area contributed by atoms with Gasteiger partial charge >= 0.3 is 0 Å². The number of ketones is 1. The van der Waals surface area contributed by atoms with Crippen molar-refractivity contribution in [3.8, 4) is 0 Å². The Morgan fingerprint density at radius 2 is 2.14 bits per heavy atom. The molecule has 0 aliphatic rings. The van der Waals surface area contributed by atoms with Crippen molar-refractivity contribution in [3.63, 3.8) is 0 Å². The Morgan fingerprint density at radius 1 is 1.50 bits per heavy atom. The number of rotatable bonds is 3. The van der Waals surface area contributed by atoms with Gasteiger partial charge in [0.05, 0.1) is 4.83 Å². The quantitative estimate of drug-likeness (QED) is 0.611. The van der Waals surface area contributed by atoms with E-state index in [1.165, 1.54) is 0 Å². The molecular weight excluding hydrogens is 308 g/mol. The van der Waals surface area contributed by atoms with Crippen LogP contribution < -0.4 is 0 Å². The lowest BCUT2D eigenvalue weighted by molar-refractivity contribution is 0.0995. The van der Waals surface area contributed by atoms with Crippen LogP contribution in [0.1, 0.15) is 28.4 Å². The summed E-state index contributed by atoms with van der Waals surface area (Å²) < 4.78 is 0. The molecule has 1 rings (SSSR count). The van der Waals surface area contributed by atoms with E-state index < -0.39 is 0 Å². The summed E-state index contributed by atoms with van der Waals surface area (Å²) in [5.41, 5.74) is 2.98. The summed E-state index contributed by atoms with van der Waals surface area (Å²) in [7, 11) is 0. The first-order valence-electron chi connectivity index (χ1n) is 4.40. The molecule has 1 nitrogen and oxygen atoms in total. The lowest BCUT2D eigenvalue weighted by Crippen LogP contribution is -2.11. The highest BCUT2D eigenvalue weighted by atomic mass is 79.9. The van der Waals surface area contributed by atoms with E-state index in [1.54, 1.807) is 0 Å². The Labute approximate surface area is 101 Å². The van der Waals surface area contributed by atoms with Crippen molar-refractivity contribution >= 4 is 37.6 Å². The van der Waals surface area contributed by atoms with Crippen LogP contribution in [0.3, 0.4) is 0 Å². The zero-order chi connectivity index (χ0) is 10.7. The van der Waals surface area contributed by atoms with Gasteiger partial charge in [0, 0.05) is 10.9 Å². The number of benzene rings is 1. The van der Waals surface area contributed by atoms with E-state index in [0.29, 0.717) is 0 Å². The monoisotopic (exact) mass is 318 g/mol. The summed E-state index contributed by atoms with van der Waals surface area (Å²) in [4.78, 5) is 11.7. The number of Topliss-reactive ketones (excluding diaryl/α,β-unsaturated/α-hetero) is 1. The lowest BCUT2D eigenvalue weighted by atomic mass is 10.0. The Bertz CT molecular complexity index is 345. The van der Waals surface area contributed by atoms with E-state index in [0.717, 1.165) is 22.0 Å². The van der Waals surface area contributed by atoms with E-state index in [-0.39, 0.29) is 10.6 Å². The van der Waals surface area contributed by atoms with Crippen molar-refractivity contribution in [1.82, 2.24) is 0 Å². The molecule has 0 saturated carbocycles. The molecular formula is C11H12Br2O. The second-order valence-corrected chi connectivity index (χ2v) is 5.20. The largest absolute Gasteiger partial charge is 0.293 e. The minimum absolute atomic E-state index is 0.119. The molecule has 0 radical (unpaired) electrons. The summed E-state index contributed by atoms with van der Waals surface area (Å²) in [5, 5.41) is 0.782. The van der Waals surface area contributed by atoms with Gasteiger partial charge in [-0.1, -0.05) is 44.0 Å². The van der Waals surface area contributed by atoms with E-state index in [1.807, 2.05) is 32.0 Å². The van der Waals surface area contributed by atoms with Gasteiger partial charge in [0.25, 0.3) is 0 Å². The van der Waals surface area contributed by atoms with Crippen LogP contribution in [0.15, 0.2) is 18.2 Å². The van der Waals surface area contributed by atoms with Crippen molar-refractivity contribution in [3.05, 3.63) is 34.9 Å². The van der Waals surface area contributed by atoms with Crippen LogP contribution >= 0.6 is 31.9 Å². The molecule has 0 fully saturated rings. The predicted molar refractivity (Wildman–Crippen MR) is 66.5 cm³/mol. The van der Waals surface area contributed by atoms with Crippen LogP contribution in [0, 0.1) is 6.92 Å². The molecule has 0 bridgehead atoms. The van der Waals surface area contributed by atoms with E-state index in [2.05, 4.69) is 31.9 Å². The number of alkyl halides is 2. The number of hydrogen-bond donors (Lipinski definition) is 0. The van der Waals surface area contributed by atoms with Gasteiger partial charge in [-0.15, -0.1) is 0 Å². The van der Waals surface area contributed by atoms with Gasteiger partial charge in [0.1, 0.15) is 0 Å². The number of hydrogen-bond acceptors (Lipinski definition) is 1. The van der Waals surface area contributed by atoms with Gasteiger partial charge < -0.3 is 0 Å². The third kappa shape index (κ3) is 2.67. The smallest absolute Gasteiger partial charge is 0.176 e. The van der Waals surface area contributed by atoms with Crippen LogP contribution in [0.4, 0.5) is 0 Å². The van der Waals surface area contributed by atoms with Crippen LogP contribution in [-0.4, -0.2) is 10.6 Å². The summed E-state index contributed by atoms with van der Waals surface area (Å²) in [6, 6.07) is 5.96. The Morgan fingerprint density at radius 3 is 2.64 bits per heavy atom. The highest BCUT2D eigenvalue weighted by Crippen LogP contribution is 2.17. The van der Waals surface area contributed by atoms with Gasteiger partial charge in [-0.05, 0) is 31.0 Å². The highest BCUT2D eigenvalue weighted by molar-refractivity contribution is 9.10. The zero-order valence-electron chi connectivity index (χ0n) is 8.18.